The fourth-order valence-electron chi connectivity index (χ4n) is 3.00. The fourth-order valence-corrected chi connectivity index (χ4v) is 3.92. The number of carbonyl (C=O) groups is 2. The Kier molecular flexibility index (Phi) is 7.24. The van der Waals surface area contributed by atoms with Gasteiger partial charge in [0.05, 0.1) is 25.3 Å². The van der Waals surface area contributed by atoms with Crippen LogP contribution < -0.4 is 10.2 Å². The summed E-state index contributed by atoms with van der Waals surface area (Å²) in [6, 6.07) is 7.81. The van der Waals surface area contributed by atoms with Gasteiger partial charge in [-0.3, -0.25) is 14.5 Å². The minimum atomic E-state index is -0.316. The topological polar surface area (TPSA) is 74.8 Å². The van der Waals surface area contributed by atoms with Gasteiger partial charge in [0.1, 0.15) is 0 Å². The highest BCUT2D eigenvalue weighted by molar-refractivity contribution is 7.13. The standard InChI is InChI=1S/C19H23ClN4O3S/c1-2-27-18(26)11-15-13-28-19(21-15)22-17(25)12-23-6-8-24(9-7-23)16-5-3-4-14(20)10-16/h3-5,10,13H,2,6-9,11-12H2,1H3,(H,21,22,25). The molecule has 0 aliphatic carbocycles. The summed E-state index contributed by atoms with van der Waals surface area (Å²) in [7, 11) is 0. The Morgan fingerprint density at radius 2 is 2.07 bits per heavy atom. The second kappa shape index (κ2) is 9.86. The Morgan fingerprint density at radius 3 is 2.79 bits per heavy atom. The van der Waals surface area contributed by atoms with Crippen LogP contribution in [0.25, 0.3) is 0 Å². The van der Waals surface area contributed by atoms with Crippen molar-refractivity contribution in [2.45, 2.75) is 13.3 Å². The summed E-state index contributed by atoms with van der Waals surface area (Å²) < 4.78 is 4.90. The molecule has 1 amide bonds. The van der Waals surface area contributed by atoms with Gasteiger partial charge < -0.3 is 15.0 Å². The number of nitrogens with one attached hydrogen (secondary N) is 1. The van der Waals surface area contributed by atoms with E-state index in [9.17, 15) is 9.59 Å². The lowest BCUT2D eigenvalue weighted by Crippen LogP contribution is -2.48. The summed E-state index contributed by atoms with van der Waals surface area (Å²) in [5.41, 5.74) is 1.71. The number of piperazine rings is 1. The van der Waals surface area contributed by atoms with Crippen molar-refractivity contribution in [2.75, 3.05) is 49.5 Å². The normalized spacial score (nSPS) is 14.7. The third-order valence-corrected chi connectivity index (χ3v) is 5.38. The summed E-state index contributed by atoms with van der Waals surface area (Å²) >= 11 is 7.37. The number of carbonyl (C=O) groups excluding carboxylic acids is 2. The minimum absolute atomic E-state index is 0.103. The van der Waals surface area contributed by atoms with E-state index in [1.165, 1.54) is 11.3 Å². The molecule has 1 aliphatic rings. The number of ether oxygens (including phenoxy) is 1. The predicted molar refractivity (Wildman–Crippen MR) is 111 cm³/mol. The molecule has 0 saturated carbocycles. The van der Waals surface area contributed by atoms with Gasteiger partial charge in [-0.05, 0) is 25.1 Å². The molecule has 150 valence electrons. The molecule has 1 N–H and O–H groups in total. The van der Waals surface area contributed by atoms with Crippen molar-refractivity contribution in [1.82, 2.24) is 9.88 Å². The van der Waals surface area contributed by atoms with E-state index < -0.39 is 0 Å². The number of anilines is 2. The molecule has 1 saturated heterocycles. The van der Waals surface area contributed by atoms with Crippen LogP contribution in [0.5, 0.6) is 0 Å². The Balaban J connectivity index is 1.43. The van der Waals surface area contributed by atoms with Gasteiger partial charge >= 0.3 is 5.97 Å². The van der Waals surface area contributed by atoms with Crippen molar-refractivity contribution < 1.29 is 14.3 Å². The maximum absolute atomic E-state index is 12.3. The Labute approximate surface area is 173 Å². The van der Waals surface area contributed by atoms with Crippen molar-refractivity contribution in [3.63, 3.8) is 0 Å². The SMILES string of the molecule is CCOC(=O)Cc1csc(NC(=O)CN2CCN(c3cccc(Cl)c3)CC2)n1. The highest BCUT2D eigenvalue weighted by Gasteiger charge is 2.20. The average Bonchev–Trinajstić information content (AvgIpc) is 3.09. The van der Waals surface area contributed by atoms with E-state index in [1.54, 1.807) is 12.3 Å². The smallest absolute Gasteiger partial charge is 0.311 e. The van der Waals surface area contributed by atoms with Gasteiger partial charge in [-0.15, -0.1) is 11.3 Å². The Hall–Kier alpha value is -2.16. The maximum Gasteiger partial charge on any atom is 0.311 e. The van der Waals surface area contributed by atoms with E-state index in [-0.39, 0.29) is 18.3 Å². The quantitative estimate of drug-likeness (QED) is 0.691. The molecule has 2 aromatic rings. The van der Waals surface area contributed by atoms with E-state index in [0.717, 1.165) is 36.9 Å². The zero-order valence-electron chi connectivity index (χ0n) is 15.7. The fraction of sp³-hybridized carbons (Fsp3) is 0.421. The number of hydrogen-bond acceptors (Lipinski definition) is 7. The highest BCUT2D eigenvalue weighted by atomic mass is 35.5. The van der Waals surface area contributed by atoms with Crippen LogP contribution >= 0.6 is 22.9 Å². The molecule has 1 aromatic heterocycles. The molecular weight excluding hydrogens is 400 g/mol. The van der Waals surface area contributed by atoms with Gasteiger partial charge in [0.2, 0.25) is 5.91 Å². The van der Waals surface area contributed by atoms with Gasteiger partial charge in [-0.2, -0.15) is 0 Å². The monoisotopic (exact) mass is 422 g/mol. The number of rotatable bonds is 7. The number of benzene rings is 1. The molecule has 0 radical (unpaired) electrons. The minimum Gasteiger partial charge on any atom is -0.466 e. The van der Waals surface area contributed by atoms with E-state index in [1.807, 2.05) is 24.3 Å². The summed E-state index contributed by atoms with van der Waals surface area (Å²) in [6.07, 6.45) is 0.117. The van der Waals surface area contributed by atoms with E-state index in [2.05, 4.69) is 20.1 Å². The van der Waals surface area contributed by atoms with Gasteiger partial charge in [0.25, 0.3) is 0 Å². The molecule has 0 spiro atoms. The molecule has 1 aliphatic heterocycles. The van der Waals surface area contributed by atoms with Crippen LogP contribution in [-0.2, 0) is 20.7 Å². The van der Waals surface area contributed by atoms with Crippen molar-refractivity contribution in [2.24, 2.45) is 0 Å². The molecular formula is C19H23ClN4O3S. The molecule has 3 rings (SSSR count). The van der Waals surface area contributed by atoms with Crippen LogP contribution in [0.4, 0.5) is 10.8 Å². The number of esters is 1. The van der Waals surface area contributed by atoms with Crippen molar-refractivity contribution in [3.8, 4) is 0 Å². The van der Waals surface area contributed by atoms with Crippen LogP contribution in [0.2, 0.25) is 5.02 Å². The van der Waals surface area contributed by atoms with Crippen molar-refractivity contribution >= 4 is 45.6 Å². The number of halogens is 1. The maximum atomic E-state index is 12.3. The largest absolute Gasteiger partial charge is 0.466 e. The van der Waals surface area contributed by atoms with Crippen LogP contribution in [-0.4, -0.2) is 61.1 Å². The lowest BCUT2D eigenvalue weighted by Gasteiger charge is -2.35. The average molecular weight is 423 g/mol. The van der Waals surface area contributed by atoms with Crippen LogP contribution in [0.1, 0.15) is 12.6 Å². The van der Waals surface area contributed by atoms with Gasteiger partial charge in [-0.25, -0.2) is 4.98 Å². The van der Waals surface area contributed by atoms with Crippen LogP contribution in [0.15, 0.2) is 29.6 Å². The summed E-state index contributed by atoms with van der Waals surface area (Å²) in [5.74, 6) is -0.420. The van der Waals surface area contributed by atoms with E-state index in [0.29, 0.717) is 24.0 Å². The second-order valence-corrected chi connectivity index (χ2v) is 7.71. The molecule has 1 aromatic carbocycles. The number of aromatic nitrogens is 1. The van der Waals surface area contributed by atoms with Gasteiger partial charge in [-0.1, -0.05) is 17.7 Å². The third kappa shape index (κ3) is 5.92. The molecule has 9 heteroatoms. The zero-order chi connectivity index (χ0) is 19.9. The zero-order valence-corrected chi connectivity index (χ0v) is 17.3. The lowest BCUT2D eigenvalue weighted by atomic mass is 10.2. The molecule has 7 nitrogen and oxygen atoms in total. The first-order valence-corrected chi connectivity index (χ1v) is 10.4. The highest BCUT2D eigenvalue weighted by Crippen LogP contribution is 2.21. The number of hydrogen-bond donors (Lipinski definition) is 1. The molecule has 2 heterocycles. The molecule has 0 bridgehead atoms. The third-order valence-electron chi connectivity index (χ3n) is 4.34. The lowest BCUT2D eigenvalue weighted by molar-refractivity contribution is -0.142. The first kappa shape index (κ1) is 20.6. The Morgan fingerprint density at radius 1 is 1.29 bits per heavy atom. The second-order valence-electron chi connectivity index (χ2n) is 6.42. The predicted octanol–water partition coefficient (Wildman–Crippen LogP) is 2.66. The summed E-state index contributed by atoms with van der Waals surface area (Å²) in [6.45, 7) is 5.70. The first-order chi connectivity index (χ1) is 13.5. The Bertz CT molecular complexity index is 821. The van der Waals surface area contributed by atoms with Gasteiger partial charge in [0, 0.05) is 42.3 Å². The molecule has 0 unspecified atom stereocenters. The molecule has 0 atom stereocenters. The van der Waals surface area contributed by atoms with Crippen molar-refractivity contribution in [1.29, 1.82) is 0 Å². The summed E-state index contributed by atoms with van der Waals surface area (Å²) in [4.78, 5) is 32.4. The van der Waals surface area contributed by atoms with E-state index >= 15 is 0 Å². The van der Waals surface area contributed by atoms with Crippen LogP contribution in [0, 0.1) is 0 Å². The first-order valence-electron chi connectivity index (χ1n) is 9.16. The molecule has 1 fully saturated rings. The molecule has 28 heavy (non-hydrogen) atoms. The number of amides is 1. The van der Waals surface area contributed by atoms with Crippen LogP contribution in [0.3, 0.4) is 0 Å². The van der Waals surface area contributed by atoms with Crippen molar-refractivity contribution in [3.05, 3.63) is 40.4 Å². The summed E-state index contributed by atoms with van der Waals surface area (Å²) in [5, 5.41) is 5.80. The number of nitrogens with zero attached hydrogens (tertiary/aromatic N) is 3. The van der Waals surface area contributed by atoms with Gasteiger partial charge in [0.15, 0.2) is 5.13 Å². The number of thiazole rings is 1. The van der Waals surface area contributed by atoms with E-state index in [4.69, 9.17) is 16.3 Å².